The van der Waals surface area contributed by atoms with E-state index in [4.69, 9.17) is 11.5 Å². The summed E-state index contributed by atoms with van der Waals surface area (Å²) in [6.45, 7) is 0. The van der Waals surface area contributed by atoms with Crippen molar-refractivity contribution in [3.63, 3.8) is 0 Å². The molecule has 2 amide bonds. The predicted molar refractivity (Wildman–Crippen MR) is 114 cm³/mol. The van der Waals surface area contributed by atoms with Gasteiger partial charge < -0.3 is 22.1 Å². The molecule has 154 valence electrons. The topological polar surface area (TPSA) is 165 Å². The number of carbonyl (C=O) groups excluding carboxylic acids is 2. The fourth-order valence-corrected chi connectivity index (χ4v) is 3.26. The number of anilines is 4. The van der Waals surface area contributed by atoms with Gasteiger partial charge in [-0.25, -0.2) is 0 Å². The van der Waals surface area contributed by atoms with Crippen LogP contribution in [0.4, 0.5) is 22.7 Å². The summed E-state index contributed by atoms with van der Waals surface area (Å²) >= 11 is 0. The molecule has 10 heteroatoms. The summed E-state index contributed by atoms with van der Waals surface area (Å²) < 4.78 is 33.2. The van der Waals surface area contributed by atoms with Crippen LogP contribution in [0.15, 0.2) is 71.6 Å². The van der Waals surface area contributed by atoms with Crippen molar-refractivity contribution in [1.82, 2.24) is 0 Å². The Morgan fingerprint density at radius 1 is 0.733 bits per heavy atom. The third-order valence-corrected chi connectivity index (χ3v) is 5.00. The van der Waals surface area contributed by atoms with E-state index in [1.807, 2.05) is 0 Å². The molecule has 0 spiro atoms. The summed E-state index contributed by atoms with van der Waals surface area (Å²) in [7, 11) is -4.70. The summed E-state index contributed by atoms with van der Waals surface area (Å²) in [5, 5.41) is 4.95. The van der Waals surface area contributed by atoms with Gasteiger partial charge in [0, 0.05) is 28.2 Å². The zero-order chi connectivity index (χ0) is 21.9. The number of nitrogens with two attached hydrogens (primary N) is 2. The Balaban J connectivity index is 1.86. The quantitative estimate of drug-likeness (QED) is 0.309. The van der Waals surface area contributed by atoms with E-state index in [1.165, 1.54) is 48.5 Å². The van der Waals surface area contributed by atoms with Crippen molar-refractivity contribution in [2.75, 3.05) is 22.1 Å². The molecule has 3 rings (SSSR count). The second kappa shape index (κ2) is 8.23. The van der Waals surface area contributed by atoms with Crippen molar-refractivity contribution >= 4 is 44.7 Å². The lowest BCUT2D eigenvalue weighted by molar-refractivity contribution is 0.101. The van der Waals surface area contributed by atoms with E-state index in [1.54, 1.807) is 12.1 Å². The van der Waals surface area contributed by atoms with Gasteiger partial charge in [0.15, 0.2) is 0 Å². The van der Waals surface area contributed by atoms with Crippen LogP contribution in [0, 0.1) is 0 Å². The number of nitrogen functional groups attached to an aromatic ring is 2. The molecule has 0 saturated heterocycles. The van der Waals surface area contributed by atoms with Crippen molar-refractivity contribution in [2.24, 2.45) is 0 Å². The van der Waals surface area contributed by atoms with E-state index in [0.29, 0.717) is 16.9 Å². The minimum absolute atomic E-state index is 0.106. The smallest absolute Gasteiger partial charge is 0.296 e. The zero-order valence-electron chi connectivity index (χ0n) is 15.5. The Morgan fingerprint density at radius 2 is 1.20 bits per heavy atom. The fraction of sp³-hybridized carbons (Fsp3) is 0. The number of rotatable bonds is 5. The van der Waals surface area contributed by atoms with Crippen LogP contribution in [0.3, 0.4) is 0 Å². The summed E-state index contributed by atoms with van der Waals surface area (Å²) in [6.07, 6.45) is 0. The van der Waals surface area contributed by atoms with Crippen LogP contribution in [-0.2, 0) is 10.1 Å². The lowest BCUT2D eigenvalue weighted by Gasteiger charge is -2.12. The zero-order valence-corrected chi connectivity index (χ0v) is 16.3. The Bertz CT molecular complexity index is 1210. The van der Waals surface area contributed by atoms with Crippen molar-refractivity contribution in [3.8, 4) is 0 Å². The average Bonchev–Trinajstić information content (AvgIpc) is 2.69. The molecule has 7 N–H and O–H groups in total. The maximum atomic E-state index is 12.4. The van der Waals surface area contributed by atoms with Crippen molar-refractivity contribution < 1.29 is 22.6 Å². The molecule has 3 aromatic carbocycles. The van der Waals surface area contributed by atoms with Crippen LogP contribution in [0.1, 0.15) is 20.7 Å². The van der Waals surface area contributed by atoms with Gasteiger partial charge in [0.25, 0.3) is 21.9 Å². The molecule has 0 bridgehead atoms. The number of benzene rings is 3. The number of hydrogen-bond acceptors (Lipinski definition) is 6. The van der Waals surface area contributed by atoms with Crippen LogP contribution in [-0.4, -0.2) is 24.8 Å². The second-order valence-electron chi connectivity index (χ2n) is 6.34. The van der Waals surface area contributed by atoms with Gasteiger partial charge in [-0.15, -0.1) is 0 Å². The van der Waals surface area contributed by atoms with Gasteiger partial charge in [-0.1, -0.05) is 0 Å². The van der Waals surface area contributed by atoms with Crippen LogP contribution in [0.2, 0.25) is 0 Å². The average molecular weight is 426 g/mol. The largest absolute Gasteiger partial charge is 0.399 e. The first-order valence-electron chi connectivity index (χ1n) is 8.59. The molecule has 0 radical (unpaired) electrons. The number of nitrogens with one attached hydrogen (secondary N) is 2. The maximum absolute atomic E-state index is 12.4. The second-order valence-corrected chi connectivity index (χ2v) is 7.73. The van der Waals surface area contributed by atoms with Crippen molar-refractivity contribution in [2.45, 2.75) is 4.90 Å². The molecule has 0 unspecified atom stereocenters. The van der Waals surface area contributed by atoms with Gasteiger partial charge in [-0.2, -0.15) is 8.42 Å². The summed E-state index contributed by atoms with van der Waals surface area (Å²) in [5.74, 6) is -1.10. The lowest BCUT2D eigenvalue weighted by atomic mass is 10.1. The van der Waals surface area contributed by atoms with Gasteiger partial charge in [-0.3, -0.25) is 14.1 Å². The molecule has 0 fully saturated rings. The Kier molecular flexibility index (Phi) is 5.72. The summed E-state index contributed by atoms with van der Waals surface area (Å²) in [6, 6.07) is 15.8. The number of amides is 2. The summed E-state index contributed by atoms with van der Waals surface area (Å²) in [5.41, 5.74) is 12.6. The highest BCUT2D eigenvalue weighted by Crippen LogP contribution is 2.26. The van der Waals surface area contributed by atoms with E-state index in [2.05, 4.69) is 10.6 Å². The molecule has 0 aliphatic carbocycles. The minimum atomic E-state index is -4.70. The highest BCUT2D eigenvalue weighted by Gasteiger charge is 2.19. The normalized spacial score (nSPS) is 11.0. The minimum Gasteiger partial charge on any atom is -0.399 e. The van der Waals surface area contributed by atoms with Gasteiger partial charge in [0.05, 0.1) is 5.69 Å². The highest BCUT2D eigenvalue weighted by atomic mass is 32.2. The molecule has 0 heterocycles. The fourth-order valence-electron chi connectivity index (χ4n) is 2.58. The van der Waals surface area contributed by atoms with Crippen molar-refractivity contribution in [1.29, 1.82) is 0 Å². The lowest BCUT2D eigenvalue weighted by Crippen LogP contribution is -2.16. The third kappa shape index (κ3) is 4.93. The first-order chi connectivity index (χ1) is 14.1. The van der Waals surface area contributed by atoms with E-state index < -0.39 is 26.8 Å². The van der Waals surface area contributed by atoms with E-state index in [9.17, 15) is 22.6 Å². The van der Waals surface area contributed by atoms with Crippen LogP contribution in [0.25, 0.3) is 0 Å². The number of carbonyl (C=O) groups is 2. The SMILES string of the molecule is Nc1ccc(C(=O)Nc2ccc(NC(=O)c3ccc(N)cc3)c(S(=O)(=O)O)c2)cc1. The molecule has 30 heavy (non-hydrogen) atoms. The van der Waals surface area contributed by atoms with Crippen LogP contribution < -0.4 is 22.1 Å². The predicted octanol–water partition coefficient (Wildman–Crippen LogP) is 2.60. The molecule has 0 atom stereocenters. The molecule has 0 aliphatic heterocycles. The van der Waals surface area contributed by atoms with E-state index in [-0.39, 0.29) is 16.9 Å². The molecule has 0 aromatic heterocycles. The molecular weight excluding hydrogens is 408 g/mol. The third-order valence-electron chi connectivity index (χ3n) is 4.11. The Labute approximate surface area is 172 Å². The van der Waals surface area contributed by atoms with Gasteiger partial charge in [0.2, 0.25) is 0 Å². The van der Waals surface area contributed by atoms with E-state index in [0.717, 1.165) is 6.07 Å². The van der Waals surface area contributed by atoms with E-state index >= 15 is 0 Å². The van der Waals surface area contributed by atoms with Gasteiger partial charge in [0.1, 0.15) is 4.90 Å². The number of hydrogen-bond donors (Lipinski definition) is 5. The van der Waals surface area contributed by atoms with Gasteiger partial charge >= 0.3 is 0 Å². The van der Waals surface area contributed by atoms with Crippen molar-refractivity contribution in [3.05, 3.63) is 77.9 Å². The summed E-state index contributed by atoms with van der Waals surface area (Å²) in [4.78, 5) is 24.1. The molecule has 0 aliphatic rings. The monoisotopic (exact) mass is 426 g/mol. The van der Waals surface area contributed by atoms with Crippen LogP contribution in [0.5, 0.6) is 0 Å². The van der Waals surface area contributed by atoms with Crippen LogP contribution >= 0.6 is 0 Å². The molecule has 3 aromatic rings. The standard InChI is InChI=1S/C20H18N4O5S/c21-14-5-1-12(2-6-14)19(25)23-16-9-10-17(18(11-16)30(27,28)29)24-20(26)13-3-7-15(22)8-4-13/h1-11H,21-22H2,(H,23,25)(H,24,26)(H,27,28,29). The first-order valence-corrected chi connectivity index (χ1v) is 10.0. The Hall–Kier alpha value is -3.89. The molecular formula is C20H18N4O5S. The first kappa shape index (κ1) is 20.8. The molecule has 0 saturated carbocycles. The molecule has 9 nitrogen and oxygen atoms in total. The van der Waals surface area contributed by atoms with Gasteiger partial charge in [-0.05, 0) is 66.7 Å². The highest BCUT2D eigenvalue weighted by molar-refractivity contribution is 7.86. The maximum Gasteiger partial charge on any atom is 0.296 e. The Morgan fingerprint density at radius 3 is 1.67 bits per heavy atom.